The van der Waals surface area contributed by atoms with Gasteiger partial charge in [0.25, 0.3) is 5.56 Å². The molecule has 7 nitrogen and oxygen atoms in total. The molecule has 3 aromatic heterocycles. The van der Waals surface area contributed by atoms with Crippen molar-refractivity contribution in [1.82, 2.24) is 24.8 Å². The minimum atomic E-state index is -4.43. The van der Waals surface area contributed by atoms with Gasteiger partial charge in [0.15, 0.2) is 0 Å². The smallest absolute Gasteiger partial charge is 0.297 e. The molecule has 0 unspecified atom stereocenters. The van der Waals surface area contributed by atoms with Crippen LogP contribution in [0.15, 0.2) is 40.0 Å². The molecule has 3 heterocycles. The molecule has 178 valence electrons. The largest absolute Gasteiger partial charge is 0.416 e. The molecule has 34 heavy (non-hydrogen) atoms. The highest BCUT2D eigenvalue weighted by Gasteiger charge is 2.31. The summed E-state index contributed by atoms with van der Waals surface area (Å²) in [4.78, 5) is 21.8. The van der Waals surface area contributed by atoms with Crippen molar-refractivity contribution >= 4 is 21.6 Å². The fourth-order valence-electron chi connectivity index (χ4n) is 4.47. The van der Waals surface area contributed by atoms with Crippen LogP contribution in [0.25, 0.3) is 10.2 Å². The van der Waals surface area contributed by atoms with Gasteiger partial charge in [0.05, 0.1) is 23.8 Å². The summed E-state index contributed by atoms with van der Waals surface area (Å²) in [7, 11) is 2.04. The highest BCUT2D eigenvalue weighted by molar-refractivity contribution is 7.18. The summed E-state index contributed by atoms with van der Waals surface area (Å²) in [5.41, 5.74) is 2.06. The van der Waals surface area contributed by atoms with Gasteiger partial charge in [0.2, 0.25) is 0 Å². The number of thiophene rings is 1. The molecule has 0 saturated carbocycles. The maximum atomic E-state index is 13.3. The fourth-order valence-corrected chi connectivity index (χ4v) is 5.72. The Morgan fingerprint density at radius 3 is 2.85 bits per heavy atom. The first-order chi connectivity index (χ1) is 16.2. The second-order valence-corrected chi connectivity index (χ2v) is 9.75. The van der Waals surface area contributed by atoms with E-state index in [4.69, 9.17) is 4.63 Å². The topological polar surface area (TPSA) is 77.1 Å². The number of aryl methyl sites for hydroxylation is 2. The third-order valence-corrected chi connectivity index (χ3v) is 7.55. The third-order valence-electron chi connectivity index (χ3n) is 6.39. The third kappa shape index (κ3) is 4.25. The number of hydrogen-bond donors (Lipinski definition) is 0. The van der Waals surface area contributed by atoms with E-state index in [1.165, 1.54) is 28.3 Å². The lowest BCUT2D eigenvalue weighted by molar-refractivity contribution is -0.137. The molecule has 0 bridgehead atoms. The zero-order valence-electron chi connectivity index (χ0n) is 18.6. The highest BCUT2D eigenvalue weighted by atomic mass is 32.1. The summed E-state index contributed by atoms with van der Waals surface area (Å²) >= 11 is 1.52. The van der Waals surface area contributed by atoms with Gasteiger partial charge >= 0.3 is 6.18 Å². The predicted molar refractivity (Wildman–Crippen MR) is 121 cm³/mol. The molecule has 1 aromatic carbocycles. The van der Waals surface area contributed by atoms with Gasteiger partial charge in [-0.1, -0.05) is 22.4 Å². The molecule has 1 atom stereocenters. The lowest BCUT2D eigenvalue weighted by Crippen LogP contribution is -2.36. The lowest BCUT2D eigenvalue weighted by atomic mass is 9.92. The van der Waals surface area contributed by atoms with Crippen LogP contribution in [0, 0.1) is 6.92 Å². The Morgan fingerprint density at radius 1 is 1.29 bits per heavy atom. The molecule has 1 aliphatic carbocycles. The zero-order valence-corrected chi connectivity index (χ0v) is 19.4. The fraction of sp³-hybridized carbons (Fsp3) is 0.391. The number of alkyl halides is 3. The molecular weight excluding hydrogens is 467 g/mol. The summed E-state index contributed by atoms with van der Waals surface area (Å²) < 4.78 is 45.4. The van der Waals surface area contributed by atoms with Crippen molar-refractivity contribution in [2.75, 3.05) is 7.05 Å². The first-order valence-corrected chi connectivity index (χ1v) is 11.7. The molecule has 5 rings (SSSR count). The first kappa shape index (κ1) is 22.7. The van der Waals surface area contributed by atoms with E-state index in [-0.39, 0.29) is 18.1 Å². The van der Waals surface area contributed by atoms with Crippen molar-refractivity contribution in [2.24, 2.45) is 0 Å². The quantitative estimate of drug-likeness (QED) is 0.418. The van der Waals surface area contributed by atoms with E-state index in [0.717, 1.165) is 53.2 Å². The van der Waals surface area contributed by atoms with Crippen LogP contribution < -0.4 is 5.56 Å². The number of aromatic nitrogens is 4. The summed E-state index contributed by atoms with van der Waals surface area (Å²) in [6, 6.07) is 5.32. The van der Waals surface area contributed by atoms with Crippen LogP contribution >= 0.6 is 11.3 Å². The standard InChI is InChI=1S/C23H22F3N5O2S/c1-13-18(29-33-28-13)11-30(2)16-6-7-17-19(9-16)34-21-20(17)22(32)31(12-27-21)10-14-4-3-5-15(8-14)23(24,25)26/h3-5,8,12,16H,6-7,9-11H2,1-2H3/t16-/m1/s1. The van der Waals surface area contributed by atoms with Crippen LogP contribution in [0.4, 0.5) is 13.2 Å². The maximum Gasteiger partial charge on any atom is 0.416 e. The number of hydrogen-bond acceptors (Lipinski definition) is 7. The van der Waals surface area contributed by atoms with Crippen molar-refractivity contribution in [1.29, 1.82) is 0 Å². The normalized spacial score (nSPS) is 16.4. The number of likely N-dealkylation sites (N-methyl/N-ethyl adjacent to an activating group) is 1. The van der Waals surface area contributed by atoms with Crippen molar-refractivity contribution in [3.63, 3.8) is 0 Å². The number of fused-ring (bicyclic) bond motifs is 3. The van der Waals surface area contributed by atoms with Crippen LogP contribution in [0.2, 0.25) is 0 Å². The molecular formula is C23H22F3N5O2S. The maximum absolute atomic E-state index is 13.3. The van der Waals surface area contributed by atoms with Gasteiger partial charge in [-0.25, -0.2) is 9.61 Å². The molecule has 0 spiro atoms. The molecule has 0 fully saturated rings. The molecule has 1 aliphatic rings. The average Bonchev–Trinajstić information content (AvgIpc) is 3.38. The molecule has 11 heteroatoms. The minimum Gasteiger partial charge on any atom is -0.297 e. The van der Waals surface area contributed by atoms with E-state index in [1.54, 1.807) is 6.07 Å². The highest BCUT2D eigenvalue weighted by Crippen LogP contribution is 2.35. The van der Waals surface area contributed by atoms with Crippen molar-refractivity contribution in [2.45, 2.75) is 51.5 Å². The number of benzene rings is 1. The Balaban J connectivity index is 1.40. The van der Waals surface area contributed by atoms with Crippen molar-refractivity contribution < 1.29 is 17.8 Å². The van der Waals surface area contributed by atoms with E-state index in [0.29, 0.717) is 22.3 Å². The second kappa shape index (κ2) is 8.62. The number of rotatable bonds is 5. The van der Waals surface area contributed by atoms with Crippen LogP contribution in [0.5, 0.6) is 0 Å². The van der Waals surface area contributed by atoms with E-state index in [9.17, 15) is 18.0 Å². The van der Waals surface area contributed by atoms with E-state index < -0.39 is 11.7 Å². The van der Waals surface area contributed by atoms with Gasteiger partial charge in [0, 0.05) is 17.5 Å². The van der Waals surface area contributed by atoms with E-state index in [1.807, 2.05) is 14.0 Å². The molecule has 0 radical (unpaired) electrons. The van der Waals surface area contributed by atoms with Crippen LogP contribution in [0.3, 0.4) is 0 Å². The van der Waals surface area contributed by atoms with Crippen molar-refractivity contribution in [3.8, 4) is 0 Å². The van der Waals surface area contributed by atoms with Gasteiger partial charge in [-0.2, -0.15) is 13.2 Å². The van der Waals surface area contributed by atoms with Crippen molar-refractivity contribution in [3.05, 3.63) is 73.9 Å². The van der Waals surface area contributed by atoms with Gasteiger partial charge in [0.1, 0.15) is 16.2 Å². The van der Waals surface area contributed by atoms with E-state index >= 15 is 0 Å². The van der Waals surface area contributed by atoms with Crippen LogP contribution in [0.1, 0.15) is 39.4 Å². The molecule has 0 N–H and O–H groups in total. The van der Waals surface area contributed by atoms with Gasteiger partial charge < -0.3 is 0 Å². The number of halogens is 3. The van der Waals surface area contributed by atoms with Gasteiger partial charge in [-0.05, 0) is 56.5 Å². The minimum absolute atomic E-state index is 0.0345. The summed E-state index contributed by atoms with van der Waals surface area (Å²) in [6.07, 6.45) is -0.588. The lowest BCUT2D eigenvalue weighted by Gasteiger charge is -2.30. The molecule has 4 aromatic rings. The second-order valence-electron chi connectivity index (χ2n) is 8.67. The predicted octanol–water partition coefficient (Wildman–Crippen LogP) is 4.21. The zero-order chi connectivity index (χ0) is 24.0. The number of nitrogens with zero attached hydrogens (tertiary/aromatic N) is 5. The van der Waals surface area contributed by atoms with Crippen LogP contribution in [-0.4, -0.2) is 37.9 Å². The van der Waals surface area contributed by atoms with Gasteiger partial charge in [-0.3, -0.25) is 14.3 Å². The van der Waals surface area contributed by atoms with Crippen LogP contribution in [-0.2, 0) is 32.1 Å². The first-order valence-electron chi connectivity index (χ1n) is 10.8. The Hall–Kier alpha value is -3.05. The van der Waals surface area contributed by atoms with Gasteiger partial charge in [-0.15, -0.1) is 11.3 Å². The summed E-state index contributed by atoms with van der Waals surface area (Å²) in [5, 5.41) is 8.38. The monoisotopic (exact) mass is 489 g/mol. The summed E-state index contributed by atoms with van der Waals surface area (Å²) in [5.74, 6) is 0. The Labute approximate surface area is 196 Å². The molecule has 0 saturated heterocycles. The van der Waals surface area contributed by atoms with E-state index in [2.05, 4.69) is 20.2 Å². The Bertz CT molecular complexity index is 1410. The molecule has 0 amide bonds. The Morgan fingerprint density at radius 2 is 2.12 bits per heavy atom. The summed E-state index contributed by atoms with van der Waals surface area (Å²) in [6.45, 7) is 2.52. The average molecular weight is 490 g/mol. The molecule has 0 aliphatic heterocycles. The Kier molecular flexibility index (Phi) is 5.76. The SMILES string of the molecule is Cc1nonc1CN(C)[C@@H]1CCc2c(sc3ncn(Cc4cccc(C(F)(F)F)c4)c(=O)c23)C1.